The molecule has 0 saturated carbocycles. The van der Waals surface area contributed by atoms with Gasteiger partial charge in [-0.05, 0) is 52.6 Å². The molecule has 0 bridgehead atoms. The van der Waals surface area contributed by atoms with Gasteiger partial charge in [-0.25, -0.2) is 13.2 Å². The lowest BCUT2D eigenvalue weighted by atomic mass is 9.96. The minimum Gasteiger partial charge on any atom is -0.491 e. The normalized spacial score (nSPS) is 11.2. The Morgan fingerprint density at radius 1 is 0.697 bits per heavy atom. The van der Waals surface area contributed by atoms with Gasteiger partial charge in [0.25, 0.3) is 0 Å². The summed E-state index contributed by atoms with van der Waals surface area (Å²) in [6.45, 7) is 2.20. The highest BCUT2D eigenvalue weighted by molar-refractivity contribution is 5.89. The Morgan fingerprint density at radius 3 is 2.06 bits per heavy atom. The Hall–Kier alpha value is -3.27. The van der Waals surface area contributed by atoms with Gasteiger partial charge in [-0.2, -0.15) is 0 Å². The first-order valence-corrected chi connectivity index (χ1v) is 11.4. The molecule has 33 heavy (non-hydrogen) atoms. The first-order chi connectivity index (χ1) is 16.0. The number of hydrogen-bond donors (Lipinski definition) is 0. The average Bonchev–Trinajstić information content (AvgIpc) is 2.82. The molecule has 0 aliphatic rings. The summed E-state index contributed by atoms with van der Waals surface area (Å²) >= 11 is 0. The van der Waals surface area contributed by atoms with Crippen LogP contribution in [-0.4, -0.2) is 7.11 Å². The first-order valence-electron chi connectivity index (χ1n) is 11.4. The van der Waals surface area contributed by atoms with Crippen LogP contribution in [-0.2, 0) is 6.42 Å². The van der Waals surface area contributed by atoms with E-state index in [-0.39, 0.29) is 5.82 Å². The quantitative estimate of drug-likeness (QED) is 0.245. The average molecular weight is 449 g/mol. The van der Waals surface area contributed by atoms with Gasteiger partial charge in [0.2, 0.25) is 0 Å². The fraction of sp³-hybridized carbons (Fsp3) is 0.241. The molecule has 170 valence electrons. The molecular weight excluding hydrogens is 421 g/mol. The number of halogens is 3. The van der Waals surface area contributed by atoms with E-state index in [0.717, 1.165) is 18.2 Å². The highest BCUT2D eigenvalue weighted by Crippen LogP contribution is 2.33. The first kappa shape index (κ1) is 22.9. The number of benzene rings is 4. The van der Waals surface area contributed by atoms with Crippen LogP contribution in [0.25, 0.3) is 33.0 Å². The van der Waals surface area contributed by atoms with Crippen LogP contribution < -0.4 is 4.74 Å². The van der Waals surface area contributed by atoms with Crippen LogP contribution in [0.2, 0.25) is 0 Å². The van der Waals surface area contributed by atoms with Crippen molar-refractivity contribution in [3.05, 3.63) is 89.7 Å². The second-order valence-electron chi connectivity index (χ2n) is 8.34. The van der Waals surface area contributed by atoms with Crippen LogP contribution >= 0.6 is 0 Å². The van der Waals surface area contributed by atoms with Crippen molar-refractivity contribution in [2.45, 2.75) is 39.0 Å². The lowest BCUT2D eigenvalue weighted by Crippen LogP contribution is -1.94. The van der Waals surface area contributed by atoms with E-state index in [2.05, 4.69) is 13.0 Å². The topological polar surface area (TPSA) is 9.23 Å². The van der Waals surface area contributed by atoms with Crippen molar-refractivity contribution < 1.29 is 17.9 Å². The van der Waals surface area contributed by atoms with Gasteiger partial charge >= 0.3 is 0 Å². The largest absolute Gasteiger partial charge is 0.491 e. The van der Waals surface area contributed by atoms with Crippen molar-refractivity contribution >= 4 is 10.8 Å². The Balaban J connectivity index is 1.59. The van der Waals surface area contributed by atoms with Crippen molar-refractivity contribution in [1.29, 1.82) is 0 Å². The number of methoxy groups -OCH3 is 1. The Labute approximate surface area is 192 Å². The van der Waals surface area contributed by atoms with Gasteiger partial charge in [0.1, 0.15) is 5.82 Å². The molecule has 0 spiro atoms. The Morgan fingerprint density at radius 2 is 1.39 bits per heavy atom. The van der Waals surface area contributed by atoms with Crippen LogP contribution in [0.15, 0.2) is 66.7 Å². The molecule has 0 aliphatic carbocycles. The predicted octanol–water partition coefficient (Wildman–Crippen LogP) is 8.72. The van der Waals surface area contributed by atoms with Gasteiger partial charge in [0.05, 0.1) is 7.11 Å². The molecule has 0 heterocycles. The summed E-state index contributed by atoms with van der Waals surface area (Å²) in [5.74, 6) is -2.19. The molecule has 0 unspecified atom stereocenters. The van der Waals surface area contributed by atoms with E-state index in [1.54, 1.807) is 30.3 Å². The van der Waals surface area contributed by atoms with Crippen LogP contribution in [0.4, 0.5) is 13.2 Å². The van der Waals surface area contributed by atoms with Crippen molar-refractivity contribution in [2.75, 3.05) is 7.11 Å². The Bertz CT molecular complexity index is 1240. The number of unbranched alkanes of at least 4 members (excludes halogenated alkanes) is 3. The van der Waals surface area contributed by atoms with Gasteiger partial charge in [0.15, 0.2) is 17.4 Å². The molecule has 1 nitrogen and oxygen atoms in total. The van der Waals surface area contributed by atoms with Crippen LogP contribution in [0.1, 0.15) is 38.2 Å². The summed E-state index contributed by atoms with van der Waals surface area (Å²) < 4.78 is 48.2. The maximum Gasteiger partial charge on any atom is 0.190 e. The Kier molecular flexibility index (Phi) is 7.02. The van der Waals surface area contributed by atoms with Crippen LogP contribution in [0.3, 0.4) is 0 Å². The second kappa shape index (κ2) is 10.1. The summed E-state index contributed by atoms with van der Waals surface area (Å²) in [5.41, 5.74) is 3.46. The number of ether oxygens (including phenoxy) is 1. The van der Waals surface area contributed by atoms with Gasteiger partial charge in [-0.1, -0.05) is 80.8 Å². The molecule has 0 N–H and O–H groups in total. The smallest absolute Gasteiger partial charge is 0.190 e. The minimum absolute atomic E-state index is 0.265. The zero-order chi connectivity index (χ0) is 23.4. The van der Waals surface area contributed by atoms with E-state index in [1.165, 1.54) is 44.1 Å². The molecule has 4 aromatic rings. The third-order valence-electron chi connectivity index (χ3n) is 6.07. The number of hydrogen-bond acceptors (Lipinski definition) is 1. The lowest BCUT2D eigenvalue weighted by molar-refractivity contribution is 0.360. The van der Waals surface area contributed by atoms with E-state index in [4.69, 9.17) is 4.74 Å². The molecule has 4 rings (SSSR count). The monoisotopic (exact) mass is 448 g/mol. The molecule has 4 heteroatoms. The third kappa shape index (κ3) is 4.90. The van der Waals surface area contributed by atoms with Gasteiger partial charge in [-0.15, -0.1) is 0 Å². The molecule has 4 aromatic carbocycles. The maximum atomic E-state index is 15.3. The van der Waals surface area contributed by atoms with Crippen LogP contribution in [0.5, 0.6) is 5.75 Å². The van der Waals surface area contributed by atoms with Crippen molar-refractivity contribution in [2.24, 2.45) is 0 Å². The zero-order valence-electron chi connectivity index (χ0n) is 18.9. The van der Waals surface area contributed by atoms with Gasteiger partial charge in [-0.3, -0.25) is 0 Å². The molecule has 0 saturated heterocycles. The predicted molar refractivity (Wildman–Crippen MR) is 129 cm³/mol. The fourth-order valence-electron chi connectivity index (χ4n) is 4.24. The highest BCUT2D eigenvalue weighted by Gasteiger charge is 2.14. The van der Waals surface area contributed by atoms with E-state index >= 15 is 4.39 Å². The fourth-order valence-corrected chi connectivity index (χ4v) is 4.24. The maximum absolute atomic E-state index is 15.3. The van der Waals surface area contributed by atoms with Gasteiger partial charge < -0.3 is 4.74 Å². The second-order valence-corrected chi connectivity index (χ2v) is 8.34. The van der Waals surface area contributed by atoms with E-state index < -0.39 is 17.4 Å². The van der Waals surface area contributed by atoms with Gasteiger partial charge in [0, 0.05) is 10.9 Å². The number of fused-ring (bicyclic) bond motifs is 1. The molecular formula is C29H27F3O. The summed E-state index contributed by atoms with van der Waals surface area (Å²) in [4.78, 5) is 0. The molecule has 0 aromatic heterocycles. The zero-order valence-corrected chi connectivity index (χ0v) is 18.9. The minimum atomic E-state index is -0.762. The molecule has 0 aliphatic heterocycles. The number of aryl methyl sites for hydroxylation is 1. The highest BCUT2D eigenvalue weighted by atomic mass is 19.1. The molecule has 0 fully saturated rings. The summed E-state index contributed by atoms with van der Waals surface area (Å²) in [6.07, 6.45) is 5.82. The van der Waals surface area contributed by atoms with Crippen molar-refractivity contribution in [3.8, 4) is 28.0 Å². The van der Waals surface area contributed by atoms with Crippen molar-refractivity contribution in [3.63, 3.8) is 0 Å². The lowest BCUT2D eigenvalue weighted by Gasteiger charge is -2.11. The number of rotatable bonds is 8. The summed E-state index contributed by atoms with van der Waals surface area (Å²) in [5, 5.41) is 1.48. The standard InChI is InChI=1S/C29H27F3O/c1-3-4-5-6-7-19-8-14-25-22(16-19)13-15-24(28(25)32)21-11-9-20(10-12-21)23-17-26(30)29(33-2)27(31)18-23/h8-18H,3-7H2,1-2H3. The molecule has 0 radical (unpaired) electrons. The summed E-state index contributed by atoms with van der Waals surface area (Å²) in [6, 6.07) is 19.1. The van der Waals surface area contributed by atoms with Crippen molar-refractivity contribution in [1.82, 2.24) is 0 Å². The van der Waals surface area contributed by atoms with E-state index in [1.807, 2.05) is 18.2 Å². The SMILES string of the molecule is CCCCCCc1ccc2c(F)c(-c3ccc(-c4cc(F)c(OC)c(F)c4)cc3)ccc2c1. The molecule has 0 amide bonds. The molecule has 0 atom stereocenters. The van der Waals surface area contributed by atoms with E-state index in [0.29, 0.717) is 27.6 Å². The van der Waals surface area contributed by atoms with Crippen LogP contribution in [0, 0.1) is 17.5 Å². The third-order valence-corrected chi connectivity index (χ3v) is 6.07. The van der Waals surface area contributed by atoms with E-state index in [9.17, 15) is 8.78 Å². The summed E-state index contributed by atoms with van der Waals surface area (Å²) in [7, 11) is 1.22.